The summed E-state index contributed by atoms with van der Waals surface area (Å²) < 4.78 is 65.0. The van der Waals surface area contributed by atoms with Gasteiger partial charge in [0.15, 0.2) is 0 Å². The Bertz CT molecular complexity index is 940. The molecule has 0 saturated heterocycles. The first-order chi connectivity index (χ1) is 13.5. The molecule has 2 aromatic carbocycles. The Balaban J connectivity index is 1.92. The molecule has 0 radical (unpaired) electrons. The largest absolute Gasteiger partial charge is 0.416 e. The molecule has 0 aliphatic heterocycles. The van der Waals surface area contributed by atoms with Crippen LogP contribution in [0.25, 0.3) is 0 Å². The van der Waals surface area contributed by atoms with E-state index in [9.17, 15) is 26.4 Å². The Morgan fingerprint density at radius 1 is 1.07 bits per heavy atom. The molecule has 9 heteroatoms. The average Bonchev–Trinajstić information content (AvgIpc) is 2.65. The van der Waals surface area contributed by atoms with E-state index in [2.05, 4.69) is 10.0 Å². The monoisotopic (exact) mass is 428 g/mol. The predicted molar refractivity (Wildman–Crippen MR) is 105 cm³/mol. The Hall–Kier alpha value is -2.39. The molecule has 2 N–H and O–H groups in total. The molecule has 0 bridgehead atoms. The number of carbonyl (C=O) groups excluding carboxylic acids is 1. The molecule has 2 aromatic rings. The summed E-state index contributed by atoms with van der Waals surface area (Å²) in [5.41, 5.74) is -0.0207. The van der Waals surface area contributed by atoms with E-state index in [0.717, 1.165) is 17.7 Å². The lowest BCUT2D eigenvalue weighted by molar-refractivity contribution is -0.137. The maximum Gasteiger partial charge on any atom is 0.416 e. The third-order valence-corrected chi connectivity index (χ3v) is 5.47. The van der Waals surface area contributed by atoms with Crippen LogP contribution in [0.4, 0.5) is 18.9 Å². The van der Waals surface area contributed by atoms with Crippen molar-refractivity contribution < 1.29 is 26.4 Å². The molecule has 0 aliphatic carbocycles. The van der Waals surface area contributed by atoms with Crippen molar-refractivity contribution in [2.45, 2.75) is 37.8 Å². The molecule has 0 fully saturated rings. The minimum Gasteiger partial charge on any atom is -0.326 e. The smallest absolute Gasteiger partial charge is 0.326 e. The van der Waals surface area contributed by atoms with Crippen LogP contribution in [0, 0.1) is 5.92 Å². The van der Waals surface area contributed by atoms with E-state index >= 15 is 0 Å². The molecule has 0 atom stereocenters. The number of carbonyl (C=O) groups is 1. The van der Waals surface area contributed by atoms with Gasteiger partial charge in [0.05, 0.1) is 10.5 Å². The van der Waals surface area contributed by atoms with Crippen molar-refractivity contribution in [2.75, 3.05) is 11.9 Å². The first-order valence-electron chi connectivity index (χ1n) is 9.03. The lowest BCUT2D eigenvalue weighted by Crippen LogP contribution is -2.27. The van der Waals surface area contributed by atoms with Gasteiger partial charge in [-0.15, -0.1) is 0 Å². The highest BCUT2D eigenvalue weighted by Gasteiger charge is 2.30. The number of sulfonamides is 1. The minimum absolute atomic E-state index is 0.0495. The van der Waals surface area contributed by atoms with Crippen molar-refractivity contribution in [2.24, 2.45) is 5.92 Å². The fourth-order valence-corrected chi connectivity index (χ4v) is 3.66. The number of hydrogen-bond acceptors (Lipinski definition) is 3. The van der Waals surface area contributed by atoms with Gasteiger partial charge in [-0.05, 0) is 48.2 Å². The topological polar surface area (TPSA) is 75.3 Å². The Morgan fingerprint density at radius 3 is 2.31 bits per heavy atom. The number of hydrogen-bond donors (Lipinski definition) is 2. The number of amides is 1. The molecule has 0 heterocycles. The summed E-state index contributed by atoms with van der Waals surface area (Å²) >= 11 is 0. The highest BCUT2D eigenvalue weighted by atomic mass is 32.2. The van der Waals surface area contributed by atoms with Crippen molar-refractivity contribution in [3.05, 3.63) is 59.7 Å². The number of benzene rings is 2. The second-order valence-electron chi connectivity index (χ2n) is 7.02. The van der Waals surface area contributed by atoms with E-state index in [1.54, 1.807) is 12.1 Å². The van der Waals surface area contributed by atoms with Crippen molar-refractivity contribution >= 4 is 21.6 Å². The molecule has 29 heavy (non-hydrogen) atoms. The Morgan fingerprint density at radius 2 is 1.72 bits per heavy atom. The summed E-state index contributed by atoms with van der Waals surface area (Å²) in [5, 5.41) is 2.44. The molecule has 2 rings (SSSR count). The molecule has 0 saturated carbocycles. The molecule has 0 spiro atoms. The molecule has 0 aromatic heterocycles. The van der Waals surface area contributed by atoms with Crippen LogP contribution >= 0.6 is 0 Å². The van der Waals surface area contributed by atoms with Crippen LogP contribution in [0.3, 0.4) is 0 Å². The first-order valence-corrected chi connectivity index (χ1v) is 10.5. The molecule has 1 amide bonds. The summed E-state index contributed by atoms with van der Waals surface area (Å²) in [7, 11) is -3.58. The maximum atomic E-state index is 12.7. The zero-order chi connectivity index (χ0) is 21.7. The number of halogens is 3. The highest BCUT2D eigenvalue weighted by molar-refractivity contribution is 7.89. The molecular weight excluding hydrogens is 405 g/mol. The molecule has 0 aliphatic rings. The molecular formula is C20H23F3N2O3S. The number of alkyl halides is 3. The lowest BCUT2D eigenvalue weighted by Gasteiger charge is -2.10. The van der Waals surface area contributed by atoms with E-state index < -0.39 is 27.7 Å². The van der Waals surface area contributed by atoms with E-state index in [1.165, 1.54) is 24.3 Å². The van der Waals surface area contributed by atoms with Crippen molar-refractivity contribution in [3.8, 4) is 0 Å². The Kier molecular flexibility index (Phi) is 7.43. The van der Waals surface area contributed by atoms with Crippen LogP contribution in [-0.4, -0.2) is 20.9 Å². The third kappa shape index (κ3) is 7.17. The lowest BCUT2D eigenvalue weighted by atomic mass is 10.1. The van der Waals surface area contributed by atoms with E-state index in [0.29, 0.717) is 13.0 Å². The highest BCUT2D eigenvalue weighted by Crippen LogP contribution is 2.30. The number of aryl methyl sites for hydroxylation is 1. The number of anilines is 1. The van der Waals surface area contributed by atoms with Gasteiger partial charge in [-0.25, -0.2) is 13.1 Å². The van der Waals surface area contributed by atoms with E-state index in [-0.39, 0.29) is 22.9 Å². The van der Waals surface area contributed by atoms with Gasteiger partial charge in [0.2, 0.25) is 15.9 Å². The second-order valence-corrected chi connectivity index (χ2v) is 8.78. The summed E-state index contributed by atoms with van der Waals surface area (Å²) in [6.07, 6.45) is -4.11. The van der Waals surface area contributed by atoms with Gasteiger partial charge < -0.3 is 5.32 Å². The average molecular weight is 428 g/mol. The molecule has 5 nitrogen and oxygen atoms in total. The van der Waals surface area contributed by atoms with Crippen LogP contribution < -0.4 is 10.0 Å². The summed E-state index contributed by atoms with van der Waals surface area (Å²) in [6, 6.07) is 10.6. The zero-order valence-corrected chi connectivity index (χ0v) is 16.9. The van der Waals surface area contributed by atoms with Gasteiger partial charge in [-0.3, -0.25) is 4.79 Å². The van der Waals surface area contributed by atoms with Gasteiger partial charge in [-0.2, -0.15) is 13.2 Å². The van der Waals surface area contributed by atoms with Gasteiger partial charge in [0, 0.05) is 18.7 Å². The van der Waals surface area contributed by atoms with Crippen LogP contribution in [0.15, 0.2) is 53.4 Å². The van der Waals surface area contributed by atoms with Gasteiger partial charge in [-0.1, -0.05) is 32.0 Å². The minimum atomic E-state index is -4.48. The van der Waals surface area contributed by atoms with Crippen LogP contribution in [0.5, 0.6) is 0 Å². The number of nitrogens with one attached hydrogen (secondary N) is 2. The maximum absolute atomic E-state index is 12.7. The van der Waals surface area contributed by atoms with Gasteiger partial charge in [0.25, 0.3) is 0 Å². The summed E-state index contributed by atoms with van der Waals surface area (Å²) in [5.74, 6) is -0.251. The quantitative estimate of drug-likeness (QED) is 0.661. The van der Waals surface area contributed by atoms with Crippen molar-refractivity contribution in [3.63, 3.8) is 0 Å². The molecule has 0 unspecified atom stereocenters. The third-order valence-electron chi connectivity index (χ3n) is 4.03. The fourth-order valence-electron chi connectivity index (χ4n) is 2.45. The van der Waals surface area contributed by atoms with Gasteiger partial charge >= 0.3 is 6.18 Å². The normalized spacial score (nSPS) is 12.2. The Labute approximate surface area is 168 Å². The zero-order valence-electron chi connectivity index (χ0n) is 16.1. The first kappa shape index (κ1) is 22.9. The summed E-state index contributed by atoms with van der Waals surface area (Å²) in [4.78, 5) is 12.2. The van der Waals surface area contributed by atoms with Crippen LogP contribution in [0.1, 0.15) is 31.4 Å². The molecule has 158 valence electrons. The van der Waals surface area contributed by atoms with E-state index in [1.807, 2.05) is 13.8 Å². The second kappa shape index (κ2) is 9.41. The van der Waals surface area contributed by atoms with Crippen LogP contribution in [0.2, 0.25) is 0 Å². The van der Waals surface area contributed by atoms with Crippen molar-refractivity contribution in [1.82, 2.24) is 4.72 Å². The summed E-state index contributed by atoms with van der Waals surface area (Å²) in [6.45, 7) is 4.13. The number of rotatable bonds is 8. The fraction of sp³-hybridized carbons (Fsp3) is 0.350. The van der Waals surface area contributed by atoms with E-state index in [4.69, 9.17) is 0 Å². The predicted octanol–water partition coefficient (Wildman–Crippen LogP) is 4.21. The van der Waals surface area contributed by atoms with Crippen molar-refractivity contribution in [1.29, 1.82) is 0 Å². The van der Waals surface area contributed by atoms with Gasteiger partial charge in [0.1, 0.15) is 0 Å². The SMILES string of the molecule is CC(C)CNS(=O)(=O)c1ccc(CCC(=O)Nc2cccc(C(F)(F)F)c2)cc1. The standard InChI is InChI=1S/C20H23F3N2O3S/c1-14(2)13-24-29(27,28)18-9-6-15(7-10-18)8-11-19(26)25-17-5-3-4-16(12-17)20(21,22)23/h3-7,9-10,12,14,24H,8,11,13H2,1-2H3,(H,25,26). The van der Waals surface area contributed by atoms with Crippen LogP contribution in [-0.2, 0) is 27.4 Å².